The van der Waals surface area contributed by atoms with Crippen LogP contribution >= 0.6 is 11.5 Å². The minimum atomic E-state index is -5.08. The van der Waals surface area contributed by atoms with Crippen molar-refractivity contribution in [3.63, 3.8) is 0 Å². The highest BCUT2D eigenvalue weighted by Gasteiger charge is 2.38. The van der Waals surface area contributed by atoms with Crippen LogP contribution in [0.25, 0.3) is 0 Å². The van der Waals surface area contributed by atoms with E-state index in [1.807, 2.05) is 38.1 Å². The van der Waals surface area contributed by atoms with Gasteiger partial charge in [0.2, 0.25) is 5.13 Å². The van der Waals surface area contributed by atoms with Crippen LogP contribution in [0.15, 0.2) is 16.5 Å². The summed E-state index contributed by atoms with van der Waals surface area (Å²) in [7, 11) is 3.88. The van der Waals surface area contributed by atoms with E-state index in [-0.39, 0.29) is 12.1 Å². The van der Waals surface area contributed by atoms with E-state index in [0.717, 1.165) is 23.1 Å². The van der Waals surface area contributed by atoms with Crippen molar-refractivity contribution in [1.82, 2.24) is 19.6 Å². The Labute approximate surface area is 162 Å². The Morgan fingerprint density at radius 3 is 2.32 bits per heavy atom. The molecule has 156 valence electrons. The molecule has 0 fully saturated rings. The summed E-state index contributed by atoms with van der Waals surface area (Å²) in [5.74, 6) is -0.435. The molecule has 1 atom stereocenters. The standard InChI is InChI=1S/C13H19N5O2S.C2HF3O2/c1-8-5-6-11(20-8)10(18(3)4)7-14-12(19)16-13-15-9(2)17-21-13;3-2(4,5)1(6)7/h5-6,10H,7H2,1-4H3,(H2,14,15,16,17,19);(H,6,7). The number of nitrogens with one attached hydrogen (secondary N) is 2. The van der Waals surface area contributed by atoms with Gasteiger partial charge in [-0.25, -0.2) is 14.6 Å². The van der Waals surface area contributed by atoms with Crippen LogP contribution in [-0.2, 0) is 4.79 Å². The highest BCUT2D eigenvalue weighted by atomic mass is 32.1. The summed E-state index contributed by atoms with van der Waals surface area (Å²) in [5, 5.41) is 13.1. The molecule has 2 aromatic heterocycles. The lowest BCUT2D eigenvalue weighted by Crippen LogP contribution is -2.36. The number of carbonyl (C=O) groups excluding carboxylic acids is 1. The van der Waals surface area contributed by atoms with E-state index in [1.165, 1.54) is 0 Å². The molecule has 0 saturated carbocycles. The van der Waals surface area contributed by atoms with Crippen molar-refractivity contribution >= 4 is 28.7 Å². The number of alkyl halides is 3. The number of carboxylic acid groups (broad SMARTS) is 1. The van der Waals surface area contributed by atoms with Crippen LogP contribution in [0.5, 0.6) is 0 Å². The van der Waals surface area contributed by atoms with E-state index in [1.54, 1.807) is 6.92 Å². The van der Waals surface area contributed by atoms with Gasteiger partial charge in [0.15, 0.2) is 0 Å². The van der Waals surface area contributed by atoms with Gasteiger partial charge in [0.25, 0.3) is 0 Å². The molecule has 0 bridgehead atoms. The van der Waals surface area contributed by atoms with E-state index >= 15 is 0 Å². The smallest absolute Gasteiger partial charge is 0.475 e. The number of hydrogen-bond acceptors (Lipinski definition) is 7. The number of amides is 2. The van der Waals surface area contributed by atoms with Gasteiger partial charge < -0.3 is 14.8 Å². The van der Waals surface area contributed by atoms with Crippen LogP contribution in [0.2, 0.25) is 0 Å². The predicted octanol–water partition coefficient (Wildman–Crippen LogP) is 2.81. The zero-order valence-electron chi connectivity index (χ0n) is 15.5. The van der Waals surface area contributed by atoms with Crippen LogP contribution in [0.1, 0.15) is 23.4 Å². The summed E-state index contributed by atoms with van der Waals surface area (Å²) in [4.78, 5) is 26.8. The van der Waals surface area contributed by atoms with Crippen LogP contribution in [0.4, 0.5) is 23.1 Å². The van der Waals surface area contributed by atoms with Gasteiger partial charge in [-0.1, -0.05) is 0 Å². The molecule has 2 amide bonds. The third kappa shape index (κ3) is 7.92. The maximum absolute atomic E-state index is 11.9. The van der Waals surface area contributed by atoms with Crippen molar-refractivity contribution in [2.24, 2.45) is 0 Å². The Morgan fingerprint density at radius 2 is 1.93 bits per heavy atom. The van der Waals surface area contributed by atoms with Crippen molar-refractivity contribution in [3.8, 4) is 0 Å². The number of anilines is 1. The van der Waals surface area contributed by atoms with Gasteiger partial charge in [-0.15, -0.1) is 0 Å². The molecule has 0 radical (unpaired) electrons. The molecule has 9 nitrogen and oxygen atoms in total. The number of nitrogens with zero attached hydrogens (tertiary/aromatic N) is 3. The minimum Gasteiger partial charge on any atom is -0.475 e. The minimum absolute atomic E-state index is 0.0272. The lowest BCUT2D eigenvalue weighted by atomic mass is 10.2. The van der Waals surface area contributed by atoms with E-state index in [9.17, 15) is 18.0 Å². The van der Waals surface area contributed by atoms with E-state index < -0.39 is 12.1 Å². The zero-order chi connectivity index (χ0) is 21.5. The number of furan rings is 1. The Hall–Kier alpha value is -2.67. The van der Waals surface area contributed by atoms with Crippen molar-refractivity contribution in [1.29, 1.82) is 0 Å². The first-order chi connectivity index (χ1) is 12.9. The first-order valence-corrected chi connectivity index (χ1v) is 8.55. The first-order valence-electron chi connectivity index (χ1n) is 7.78. The van der Waals surface area contributed by atoms with Gasteiger partial charge in [0.05, 0.1) is 6.04 Å². The number of urea groups is 1. The predicted molar refractivity (Wildman–Crippen MR) is 95.2 cm³/mol. The molecule has 1 unspecified atom stereocenters. The van der Waals surface area contributed by atoms with Crippen molar-refractivity contribution < 1.29 is 32.3 Å². The van der Waals surface area contributed by atoms with Crippen LogP contribution in [0.3, 0.4) is 0 Å². The second kappa shape index (κ2) is 10.0. The number of hydrogen-bond donors (Lipinski definition) is 3. The molecule has 2 rings (SSSR count). The number of aromatic nitrogens is 2. The fraction of sp³-hybridized carbons (Fsp3) is 0.467. The summed E-state index contributed by atoms with van der Waals surface area (Å²) in [5.41, 5.74) is 0. The second-order valence-corrected chi connectivity index (χ2v) is 6.46. The molecule has 0 spiro atoms. The molecule has 0 aromatic carbocycles. The maximum Gasteiger partial charge on any atom is 0.490 e. The molecule has 3 N–H and O–H groups in total. The number of carboxylic acids is 1. The van der Waals surface area contributed by atoms with E-state index in [2.05, 4.69) is 20.0 Å². The Morgan fingerprint density at radius 1 is 1.32 bits per heavy atom. The molecule has 0 saturated heterocycles. The summed E-state index contributed by atoms with van der Waals surface area (Å²) in [6.45, 7) is 4.11. The maximum atomic E-state index is 11.9. The highest BCUT2D eigenvalue weighted by molar-refractivity contribution is 7.09. The number of halogens is 3. The SMILES string of the molecule is Cc1nsc(NC(=O)NCC(c2ccc(C)o2)N(C)C)n1.O=C(O)C(F)(F)F. The number of aryl methyl sites for hydroxylation is 2. The summed E-state index contributed by atoms with van der Waals surface area (Å²) in [6, 6.07) is 3.51. The Bertz CT molecular complexity index is 791. The number of rotatable bonds is 5. The average molecular weight is 423 g/mol. The molecule has 13 heteroatoms. The molecule has 2 aromatic rings. The van der Waals surface area contributed by atoms with Crippen molar-refractivity contribution in [2.75, 3.05) is 26.0 Å². The van der Waals surface area contributed by atoms with E-state index in [4.69, 9.17) is 14.3 Å². The summed E-state index contributed by atoms with van der Waals surface area (Å²) in [6.07, 6.45) is -5.08. The first kappa shape index (κ1) is 23.4. The lowest BCUT2D eigenvalue weighted by Gasteiger charge is -2.22. The van der Waals surface area contributed by atoms with Gasteiger partial charge in [-0.2, -0.15) is 17.5 Å². The molecule has 0 aliphatic rings. The van der Waals surface area contributed by atoms with Gasteiger partial charge in [0.1, 0.15) is 17.3 Å². The Kier molecular flexibility index (Phi) is 8.37. The largest absolute Gasteiger partial charge is 0.490 e. The fourth-order valence-corrected chi connectivity index (χ4v) is 2.42. The Balaban J connectivity index is 0.000000480. The third-order valence-corrected chi connectivity index (χ3v) is 3.88. The van der Waals surface area contributed by atoms with Crippen LogP contribution < -0.4 is 10.6 Å². The van der Waals surface area contributed by atoms with Gasteiger partial charge in [-0.3, -0.25) is 10.2 Å². The number of likely N-dealkylation sites (N-methyl/N-ethyl adjacent to an activating group) is 1. The van der Waals surface area contributed by atoms with Gasteiger partial charge >= 0.3 is 18.2 Å². The van der Waals surface area contributed by atoms with Crippen molar-refractivity contribution in [2.45, 2.75) is 26.1 Å². The highest BCUT2D eigenvalue weighted by Crippen LogP contribution is 2.20. The number of aliphatic carboxylic acids is 1. The monoisotopic (exact) mass is 423 g/mol. The number of carbonyl (C=O) groups is 2. The summed E-state index contributed by atoms with van der Waals surface area (Å²) < 4.78 is 41.4. The van der Waals surface area contributed by atoms with E-state index in [0.29, 0.717) is 17.5 Å². The molecular weight excluding hydrogens is 403 g/mol. The zero-order valence-corrected chi connectivity index (χ0v) is 16.3. The average Bonchev–Trinajstić information content (AvgIpc) is 3.15. The molecule has 2 heterocycles. The van der Waals surface area contributed by atoms with Crippen molar-refractivity contribution in [3.05, 3.63) is 29.5 Å². The summed E-state index contributed by atoms with van der Waals surface area (Å²) >= 11 is 1.16. The molecular formula is C15H20F3N5O4S. The van der Waals surface area contributed by atoms with Crippen LogP contribution in [0, 0.1) is 13.8 Å². The molecule has 28 heavy (non-hydrogen) atoms. The normalized spacial score (nSPS) is 12.1. The molecule has 0 aliphatic heterocycles. The van der Waals surface area contributed by atoms with Crippen LogP contribution in [-0.4, -0.2) is 58.2 Å². The third-order valence-electron chi connectivity index (χ3n) is 3.16. The fourth-order valence-electron chi connectivity index (χ4n) is 1.85. The lowest BCUT2D eigenvalue weighted by molar-refractivity contribution is -0.192. The second-order valence-electron chi connectivity index (χ2n) is 5.71. The molecule has 0 aliphatic carbocycles. The van der Waals surface area contributed by atoms with Gasteiger partial charge in [-0.05, 0) is 40.1 Å². The topological polar surface area (TPSA) is 121 Å². The quantitative estimate of drug-likeness (QED) is 0.676. The van der Waals surface area contributed by atoms with Gasteiger partial charge in [0, 0.05) is 18.1 Å².